The van der Waals surface area contributed by atoms with E-state index in [9.17, 15) is 0 Å². The number of hydrogen-bond acceptors (Lipinski definition) is 3. The van der Waals surface area contributed by atoms with E-state index in [1.54, 1.807) is 14.2 Å². The molecule has 0 aliphatic carbocycles. The first-order chi connectivity index (χ1) is 21.5. The average Bonchev–Trinajstić information content (AvgIpc) is 3.09. The van der Waals surface area contributed by atoms with Crippen molar-refractivity contribution in [1.29, 1.82) is 0 Å². The summed E-state index contributed by atoms with van der Waals surface area (Å²) in [6, 6.07) is 45.0. The fraction of sp³-hybridized carbons (Fsp3) is 0.220. The van der Waals surface area contributed by atoms with Gasteiger partial charge in [0.25, 0.3) is 0 Å². The van der Waals surface area contributed by atoms with Crippen LogP contribution < -0.4 is 14.4 Å². The standard InChI is InChI=1S/C41H43NO2/c1-6-29-41(3,7-2)34-17-15-33(16-18-34)40(32-11-9-8-10-12-32)30-31-13-19-35(20-14-31)42(36-21-25-38(43-4)26-22-36)37-23-27-39(44-5)28-24-37/h8-28,30H,6-7,29H2,1-5H3/b40-30+. The Morgan fingerprint density at radius 2 is 1.09 bits per heavy atom. The molecule has 0 N–H and O–H groups in total. The zero-order valence-corrected chi connectivity index (χ0v) is 26.6. The number of rotatable bonds is 12. The molecule has 1 atom stereocenters. The lowest BCUT2D eigenvalue weighted by Gasteiger charge is -2.29. The molecule has 44 heavy (non-hydrogen) atoms. The lowest BCUT2D eigenvalue weighted by atomic mass is 9.76. The van der Waals surface area contributed by atoms with Crippen LogP contribution in [0.4, 0.5) is 17.1 Å². The molecule has 1 unspecified atom stereocenters. The summed E-state index contributed by atoms with van der Waals surface area (Å²) >= 11 is 0. The second kappa shape index (κ2) is 14.1. The van der Waals surface area contributed by atoms with Crippen molar-refractivity contribution in [1.82, 2.24) is 0 Å². The third kappa shape index (κ3) is 6.89. The Hall–Kier alpha value is -4.76. The van der Waals surface area contributed by atoms with E-state index < -0.39 is 0 Å². The Morgan fingerprint density at radius 3 is 1.55 bits per heavy atom. The lowest BCUT2D eigenvalue weighted by molar-refractivity contribution is 0.414. The summed E-state index contributed by atoms with van der Waals surface area (Å²) in [5.41, 5.74) is 9.56. The van der Waals surface area contributed by atoms with Crippen LogP contribution >= 0.6 is 0 Å². The van der Waals surface area contributed by atoms with Crippen LogP contribution in [0.15, 0.2) is 127 Å². The first kappa shape index (κ1) is 30.7. The maximum Gasteiger partial charge on any atom is 0.119 e. The van der Waals surface area contributed by atoms with Crippen LogP contribution in [-0.2, 0) is 5.41 Å². The fourth-order valence-corrected chi connectivity index (χ4v) is 5.88. The van der Waals surface area contributed by atoms with Gasteiger partial charge in [-0.3, -0.25) is 0 Å². The van der Waals surface area contributed by atoms with Crippen LogP contribution in [0.3, 0.4) is 0 Å². The van der Waals surface area contributed by atoms with Gasteiger partial charge in [0.05, 0.1) is 14.2 Å². The highest BCUT2D eigenvalue weighted by Crippen LogP contribution is 2.37. The molecule has 0 fully saturated rings. The van der Waals surface area contributed by atoms with Crippen LogP contribution in [0.5, 0.6) is 11.5 Å². The van der Waals surface area contributed by atoms with Gasteiger partial charge in [-0.2, -0.15) is 0 Å². The molecule has 5 rings (SSSR count). The Labute approximate surface area is 263 Å². The molecule has 224 valence electrons. The number of methoxy groups -OCH3 is 2. The quantitative estimate of drug-likeness (QED) is 0.137. The second-order valence-corrected chi connectivity index (χ2v) is 11.5. The van der Waals surface area contributed by atoms with Crippen molar-refractivity contribution >= 4 is 28.7 Å². The Bertz CT molecular complexity index is 1590. The van der Waals surface area contributed by atoms with Gasteiger partial charge in [0.2, 0.25) is 0 Å². The van der Waals surface area contributed by atoms with Crippen molar-refractivity contribution in [3.8, 4) is 11.5 Å². The molecule has 0 saturated heterocycles. The highest BCUT2D eigenvalue weighted by molar-refractivity contribution is 5.92. The Morgan fingerprint density at radius 1 is 0.614 bits per heavy atom. The summed E-state index contributed by atoms with van der Waals surface area (Å²) in [4.78, 5) is 2.24. The largest absolute Gasteiger partial charge is 0.497 e. The SMILES string of the molecule is CCCC(C)(CC)c1ccc(/C(=C/c2ccc(N(c3ccc(OC)cc3)c3ccc(OC)cc3)cc2)c2ccccc2)cc1. The van der Waals surface area contributed by atoms with Gasteiger partial charge < -0.3 is 14.4 Å². The van der Waals surface area contributed by atoms with Crippen molar-refractivity contribution in [3.63, 3.8) is 0 Å². The smallest absolute Gasteiger partial charge is 0.119 e. The lowest BCUT2D eigenvalue weighted by Crippen LogP contribution is -2.20. The van der Waals surface area contributed by atoms with Gasteiger partial charge in [-0.15, -0.1) is 0 Å². The summed E-state index contributed by atoms with van der Waals surface area (Å²) in [7, 11) is 3.38. The van der Waals surface area contributed by atoms with E-state index in [2.05, 4.69) is 135 Å². The molecule has 0 bridgehead atoms. The van der Waals surface area contributed by atoms with Crippen LogP contribution in [0.25, 0.3) is 11.6 Å². The van der Waals surface area contributed by atoms with Gasteiger partial charge in [-0.1, -0.05) is 93.9 Å². The number of benzene rings is 5. The number of anilines is 3. The summed E-state index contributed by atoms with van der Waals surface area (Å²) in [5, 5.41) is 0. The summed E-state index contributed by atoms with van der Waals surface area (Å²) in [6.07, 6.45) is 5.81. The Balaban J connectivity index is 1.52. The normalized spacial score (nSPS) is 12.8. The predicted octanol–water partition coefficient (Wildman–Crippen LogP) is 11.2. The van der Waals surface area contributed by atoms with Crippen molar-refractivity contribution in [2.24, 2.45) is 0 Å². The van der Waals surface area contributed by atoms with Crippen LogP contribution in [-0.4, -0.2) is 14.2 Å². The van der Waals surface area contributed by atoms with Crippen LogP contribution in [0, 0.1) is 0 Å². The van der Waals surface area contributed by atoms with E-state index >= 15 is 0 Å². The molecule has 0 heterocycles. The molecule has 3 heteroatoms. The number of nitrogens with zero attached hydrogens (tertiary/aromatic N) is 1. The Kier molecular flexibility index (Phi) is 9.86. The molecule has 0 saturated carbocycles. The van der Waals surface area contributed by atoms with Crippen molar-refractivity contribution in [2.75, 3.05) is 19.1 Å². The molecular weight excluding hydrogens is 538 g/mol. The van der Waals surface area contributed by atoms with E-state index in [4.69, 9.17) is 9.47 Å². The van der Waals surface area contributed by atoms with Crippen LogP contribution in [0.2, 0.25) is 0 Å². The third-order valence-electron chi connectivity index (χ3n) is 8.68. The van der Waals surface area contributed by atoms with Crippen molar-refractivity contribution in [3.05, 3.63) is 150 Å². The minimum atomic E-state index is 0.208. The molecule has 0 aliphatic heterocycles. The zero-order valence-electron chi connectivity index (χ0n) is 26.6. The molecule has 5 aromatic carbocycles. The highest BCUT2D eigenvalue weighted by Gasteiger charge is 2.23. The maximum absolute atomic E-state index is 5.41. The van der Waals surface area contributed by atoms with Gasteiger partial charge in [-0.05, 0) is 113 Å². The van der Waals surface area contributed by atoms with E-state index in [1.165, 1.54) is 35.1 Å². The van der Waals surface area contributed by atoms with Gasteiger partial charge in [0.15, 0.2) is 0 Å². The first-order valence-corrected chi connectivity index (χ1v) is 15.5. The first-order valence-electron chi connectivity index (χ1n) is 15.5. The molecule has 0 aromatic heterocycles. The molecule has 0 aliphatic rings. The summed E-state index contributed by atoms with van der Waals surface area (Å²) in [5.74, 6) is 1.66. The third-order valence-corrected chi connectivity index (χ3v) is 8.68. The van der Waals surface area contributed by atoms with Gasteiger partial charge in [0.1, 0.15) is 11.5 Å². The van der Waals surface area contributed by atoms with E-state index in [1.807, 2.05) is 24.3 Å². The van der Waals surface area contributed by atoms with Crippen molar-refractivity contribution < 1.29 is 9.47 Å². The molecule has 0 radical (unpaired) electrons. The van der Waals surface area contributed by atoms with E-state index in [0.29, 0.717) is 0 Å². The second-order valence-electron chi connectivity index (χ2n) is 11.5. The number of hydrogen-bond donors (Lipinski definition) is 0. The van der Waals surface area contributed by atoms with E-state index in [0.717, 1.165) is 40.5 Å². The summed E-state index contributed by atoms with van der Waals surface area (Å²) in [6.45, 7) is 6.96. The topological polar surface area (TPSA) is 21.7 Å². The minimum absolute atomic E-state index is 0.208. The van der Waals surface area contributed by atoms with E-state index in [-0.39, 0.29) is 5.41 Å². The minimum Gasteiger partial charge on any atom is -0.497 e. The van der Waals surface area contributed by atoms with Gasteiger partial charge in [-0.25, -0.2) is 0 Å². The molecule has 0 amide bonds. The molecule has 0 spiro atoms. The highest BCUT2D eigenvalue weighted by atomic mass is 16.5. The molecular formula is C41H43NO2. The molecule has 5 aromatic rings. The number of ether oxygens (including phenoxy) is 2. The fourth-order valence-electron chi connectivity index (χ4n) is 5.88. The summed E-state index contributed by atoms with van der Waals surface area (Å²) < 4.78 is 10.8. The van der Waals surface area contributed by atoms with Gasteiger partial charge >= 0.3 is 0 Å². The molecule has 3 nitrogen and oxygen atoms in total. The monoisotopic (exact) mass is 581 g/mol. The maximum atomic E-state index is 5.41. The van der Waals surface area contributed by atoms with Crippen LogP contribution in [0.1, 0.15) is 62.3 Å². The van der Waals surface area contributed by atoms with Crippen molar-refractivity contribution in [2.45, 2.75) is 45.4 Å². The zero-order chi connectivity index (χ0) is 30.9. The predicted molar refractivity (Wildman–Crippen MR) is 187 cm³/mol. The average molecular weight is 582 g/mol. The van der Waals surface area contributed by atoms with Gasteiger partial charge in [0, 0.05) is 17.1 Å².